The molecule has 0 bridgehead atoms. The molecule has 2 heterocycles. The highest BCUT2D eigenvalue weighted by Gasteiger charge is 2.36. The van der Waals surface area contributed by atoms with Crippen LogP contribution in [0.25, 0.3) is 0 Å². The second-order valence-electron chi connectivity index (χ2n) is 7.20. The van der Waals surface area contributed by atoms with Crippen molar-refractivity contribution in [3.63, 3.8) is 0 Å². The number of urea groups is 1. The number of nitriles is 1. The van der Waals surface area contributed by atoms with Crippen LogP contribution >= 0.6 is 0 Å². The molecule has 28 heavy (non-hydrogen) atoms. The average Bonchev–Trinajstić information content (AvgIpc) is 3.11. The van der Waals surface area contributed by atoms with E-state index in [1.54, 1.807) is 17.0 Å². The number of ether oxygens (including phenoxy) is 1. The number of carbonyl (C=O) groups excluding carboxylic acids is 1. The van der Waals surface area contributed by atoms with Crippen LogP contribution in [0.15, 0.2) is 18.3 Å². The highest BCUT2D eigenvalue weighted by molar-refractivity contribution is 5.75. The molecule has 2 N–H and O–H groups in total. The molecule has 2 fully saturated rings. The molecule has 150 valence electrons. The Bertz CT molecular complexity index is 742. The second kappa shape index (κ2) is 8.89. The zero-order valence-corrected chi connectivity index (χ0v) is 15.9. The first-order valence-electron chi connectivity index (χ1n) is 9.52. The number of rotatable bonds is 7. The van der Waals surface area contributed by atoms with E-state index in [-0.39, 0.29) is 30.8 Å². The monoisotopic (exact) mass is 387 g/mol. The summed E-state index contributed by atoms with van der Waals surface area (Å²) in [6, 6.07) is 5.51. The summed E-state index contributed by atoms with van der Waals surface area (Å²) in [6.45, 7) is 3.78. The zero-order chi connectivity index (χ0) is 20.1. The van der Waals surface area contributed by atoms with Crippen molar-refractivity contribution in [2.45, 2.75) is 44.4 Å². The van der Waals surface area contributed by atoms with Crippen LogP contribution in [0.1, 0.15) is 31.7 Å². The number of carboxylic acid groups (broad SMARTS) is 1. The van der Waals surface area contributed by atoms with Gasteiger partial charge >= 0.3 is 12.0 Å². The Balaban J connectivity index is 1.40. The van der Waals surface area contributed by atoms with E-state index in [0.29, 0.717) is 31.1 Å². The van der Waals surface area contributed by atoms with Gasteiger partial charge in [0.1, 0.15) is 12.2 Å². The van der Waals surface area contributed by atoms with Gasteiger partial charge in [0, 0.05) is 37.3 Å². The van der Waals surface area contributed by atoms with Gasteiger partial charge in [0.25, 0.3) is 0 Å². The van der Waals surface area contributed by atoms with Gasteiger partial charge < -0.3 is 20.1 Å². The molecule has 3 rings (SSSR count). The molecule has 2 amide bonds. The third kappa shape index (κ3) is 4.89. The number of aromatic nitrogens is 1. The summed E-state index contributed by atoms with van der Waals surface area (Å²) in [5, 5.41) is 20.8. The fourth-order valence-corrected chi connectivity index (χ4v) is 3.64. The molecule has 9 nitrogen and oxygen atoms in total. The number of carbonyl (C=O) groups is 2. The third-order valence-corrected chi connectivity index (χ3v) is 5.29. The highest BCUT2D eigenvalue weighted by atomic mass is 16.5. The van der Waals surface area contributed by atoms with Crippen LogP contribution in [0.2, 0.25) is 0 Å². The van der Waals surface area contributed by atoms with Gasteiger partial charge in [-0.05, 0) is 25.5 Å². The van der Waals surface area contributed by atoms with Gasteiger partial charge in [-0.15, -0.1) is 0 Å². The molecule has 1 saturated carbocycles. The molecule has 0 spiro atoms. The molecular formula is C19H25N5O4. The summed E-state index contributed by atoms with van der Waals surface area (Å²) in [5.41, 5.74) is 0.476. The Morgan fingerprint density at radius 1 is 1.46 bits per heavy atom. The molecule has 1 aliphatic carbocycles. The van der Waals surface area contributed by atoms with Gasteiger partial charge in [-0.3, -0.25) is 9.69 Å². The number of carboxylic acids is 1. The van der Waals surface area contributed by atoms with E-state index >= 15 is 0 Å². The fourth-order valence-electron chi connectivity index (χ4n) is 3.64. The molecule has 1 saturated heterocycles. The quantitative estimate of drug-likeness (QED) is 0.718. The second-order valence-corrected chi connectivity index (χ2v) is 7.20. The lowest BCUT2D eigenvalue weighted by Gasteiger charge is -2.42. The Hall–Kier alpha value is -2.86. The Morgan fingerprint density at radius 3 is 2.86 bits per heavy atom. The first-order valence-corrected chi connectivity index (χ1v) is 9.52. The van der Waals surface area contributed by atoms with Crippen LogP contribution in [0.5, 0.6) is 5.88 Å². The van der Waals surface area contributed by atoms with Crippen molar-refractivity contribution in [1.82, 2.24) is 20.1 Å². The SMILES string of the molecule is CCN(CC(=O)O)C1CC(NC(=O)N2CCC(Oc3ccc(C#N)cn3)C2)C1. The topological polar surface area (TPSA) is 119 Å². The number of nitrogens with one attached hydrogen (secondary N) is 1. The maximum Gasteiger partial charge on any atom is 0.317 e. The van der Waals surface area contributed by atoms with Crippen molar-refractivity contribution in [3.8, 4) is 11.9 Å². The number of aliphatic carboxylic acids is 1. The van der Waals surface area contributed by atoms with Crippen molar-refractivity contribution in [2.24, 2.45) is 0 Å². The first-order chi connectivity index (χ1) is 13.5. The van der Waals surface area contributed by atoms with Crippen molar-refractivity contribution >= 4 is 12.0 Å². The maximum absolute atomic E-state index is 12.5. The fraction of sp³-hybridized carbons (Fsp3) is 0.579. The molecule has 1 aromatic rings. The number of hydrogen-bond donors (Lipinski definition) is 2. The molecule has 2 aliphatic rings. The van der Waals surface area contributed by atoms with E-state index in [4.69, 9.17) is 15.1 Å². The van der Waals surface area contributed by atoms with Crippen LogP contribution in [-0.2, 0) is 4.79 Å². The first kappa shape index (κ1) is 19.9. The van der Waals surface area contributed by atoms with Gasteiger partial charge in [-0.2, -0.15) is 5.26 Å². The van der Waals surface area contributed by atoms with E-state index in [2.05, 4.69) is 10.3 Å². The molecule has 0 aromatic carbocycles. The van der Waals surface area contributed by atoms with Crippen LogP contribution in [0.4, 0.5) is 4.79 Å². The predicted octanol–water partition coefficient (Wildman–Crippen LogP) is 1.05. The number of amides is 2. The lowest BCUT2D eigenvalue weighted by atomic mass is 9.85. The summed E-state index contributed by atoms with van der Waals surface area (Å²) in [7, 11) is 0. The van der Waals surface area contributed by atoms with Gasteiger partial charge in [0.15, 0.2) is 0 Å². The van der Waals surface area contributed by atoms with Gasteiger partial charge in [0.2, 0.25) is 5.88 Å². The molecule has 1 aromatic heterocycles. The number of pyridine rings is 1. The number of hydrogen-bond acceptors (Lipinski definition) is 6. The largest absolute Gasteiger partial charge is 0.480 e. The summed E-state index contributed by atoms with van der Waals surface area (Å²) < 4.78 is 5.80. The van der Waals surface area contributed by atoms with Crippen LogP contribution in [-0.4, -0.2) is 76.3 Å². The highest BCUT2D eigenvalue weighted by Crippen LogP contribution is 2.26. The number of likely N-dealkylation sites (N-methyl/N-ethyl adjacent to an activating group) is 1. The van der Waals surface area contributed by atoms with E-state index in [1.165, 1.54) is 6.20 Å². The molecule has 1 aliphatic heterocycles. The molecule has 9 heteroatoms. The van der Waals surface area contributed by atoms with Crippen molar-refractivity contribution in [2.75, 3.05) is 26.2 Å². The minimum Gasteiger partial charge on any atom is -0.480 e. The van der Waals surface area contributed by atoms with Gasteiger partial charge in [0.05, 0.1) is 18.7 Å². The molecule has 0 radical (unpaired) electrons. The Labute approximate surface area is 163 Å². The van der Waals surface area contributed by atoms with E-state index in [1.807, 2.05) is 17.9 Å². The minimum atomic E-state index is -0.825. The van der Waals surface area contributed by atoms with Crippen molar-refractivity contribution < 1.29 is 19.4 Å². The summed E-state index contributed by atoms with van der Waals surface area (Å²) in [4.78, 5) is 31.1. The van der Waals surface area contributed by atoms with Crippen molar-refractivity contribution in [1.29, 1.82) is 5.26 Å². The maximum atomic E-state index is 12.5. The third-order valence-electron chi connectivity index (χ3n) is 5.29. The normalized spacial score (nSPS) is 23.8. The summed E-state index contributed by atoms with van der Waals surface area (Å²) >= 11 is 0. The summed E-state index contributed by atoms with van der Waals surface area (Å²) in [5.74, 6) is -0.375. The van der Waals surface area contributed by atoms with Crippen LogP contribution in [0.3, 0.4) is 0 Å². The smallest absolute Gasteiger partial charge is 0.317 e. The van der Waals surface area contributed by atoms with E-state index in [9.17, 15) is 9.59 Å². The Kier molecular flexibility index (Phi) is 6.31. The lowest BCUT2D eigenvalue weighted by Crippen LogP contribution is -2.56. The van der Waals surface area contributed by atoms with Gasteiger partial charge in [-0.1, -0.05) is 6.92 Å². The summed E-state index contributed by atoms with van der Waals surface area (Å²) in [6.07, 6.45) is 3.62. The van der Waals surface area contributed by atoms with Gasteiger partial charge in [-0.25, -0.2) is 9.78 Å². The number of nitrogens with zero attached hydrogens (tertiary/aromatic N) is 4. The average molecular weight is 387 g/mol. The van der Waals surface area contributed by atoms with E-state index < -0.39 is 5.97 Å². The predicted molar refractivity (Wildman–Crippen MR) is 99.8 cm³/mol. The minimum absolute atomic E-state index is 0.0381. The zero-order valence-electron chi connectivity index (χ0n) is 15.9. The Morgan fingerprint density at radius 2 is 2.25 bits per heavy atom. The number of likely N-dealkylation sites (tertiary alicyclic amines) is 1. The standard InChI is InChI=1S/C19H25N5O4/c1-2-23(12-18(25)26)15-7-14(8-15)22-19(27)24-6-5-16(11-24)28-17-4-3-13(9-20)10-21-17/h3-4,10,14-16H,2,5-8,11-12H2,1H3,(H,22,27)(H,25,26). The molecule has 1 atom stereocenters. The molecular weight excluding hydrogens is 362 g/mol. The lowest BCUT2D eigenvalue weighted by molar-refractivity contribution is -0.139. The molecule has 1 unspecified atom stereocenters. The van der Waals surface area contributed by atoms with E-state index in [0.717, 1.165) is 19.3 Å². The van der Waals surface area contributed by atoms with Crippen LogP contribution in [0, 0.1) is 11.3 Å². The van der Waals surface area contributed by atoms with Crippen molar-refractivity contribution in [3.05, 3.63) is 23.9 Å². The van der Waals surface area contributed by atoms with Crippen LogP contribution < -0.4 is 10.1 Å².